The Bertz CT molecular complexity index is 1360. The van der Waals surface area contributed by atoms with Crippen molar-refractivity contribution < 1.29 is 13.9 Å². The summed E-state index contributed by atoms with van der Waals surface area (Å²) in [5.41, 5.74) is -0.0349. The maximum atomic E-state index is 14.3. The van der Waals surface area contributed by atoms with E-state index in [4.69, 9.17) is 17.0 Å². The number of thioether (sulfide) groups is 1. The lowest BCUT2D eigenvalue weighted by Crippen LogP contribution is -2.33. The van der Waals surface area contributed by atoms with Crippen molar-refractivity contribution in [3.05, 3.63) is 75.3 Å². The van der Waals surface area contributed by atoms with Crippen LogP contribution in [0.3, 0.4) is 0 Å². The molecule has 6 nitrogen and oxygen atoms in total. The van der Waals surface area contributed by atoms with Gasteiger partial charge in [0, 0.05) is 12.7 Å². The van der Waals surface area contributed by atoms with Crippen molar-refractivity contribution in [2.45, 2.75) is 39.5 Å². The Labute approximate surface area is 212 Å². The van der Waals surface area contributed by atoms with Crippen molar-refractivity contribution in [1.29, 1.82) is 0 Å². The number of thiocarbonyl (C=S) groups is 1. The molecule has 0 aliphatic carbocycles. The van der Waals surface area contributed by atoms with Crippen LogP contribution in [0, 0.1) is 11.7 Å². The monoisotopic (exact) mass is 511 g/mol. The summed E-state index contributed by atoms with van der Waals surface area (Å²) in [6.45, 7) is 4.81. The molecule has 1 atom stereocenters. The summed E-state index contributed by atoms with van der Waals surface area (Å²) in [5.74, 6) is -0.624. The maximum absolute atomic E-state index is 14.3. The molecule has 9 heteroatoms. The third kappa shape index (κ3) is 5.46. The molecule has 0 radical (unpaired) electrons. The number of benzene rings is 1. The SMILES string of the molecule is CCCCC(CC)CN1C(=O)/C(=C\c2c(Oc3ccccc3F)nc3ccccn3c2=O)SC1=S. The van der Waals surface area contributed by atoms with E-state index in [1.807, 2.05) is 0 Å². The van der Waals surface area contributed by atoms with Crippen LogP contribution in [0.4, 0.5) is 4.39 Å². The van der Waals surface area contributed by atoms with Crippen LogP contribution in [0.25, 0.3) is 11.7 Å². The van der Waals surface area contributed by atoms with E-state index in [9.17, 15) is 14.0 Å². The molecule has 0 bridgehead atoms. The Balaban J connectivity index is 1.73. The molecule has 3 heterocycles. The van der Waals surface area contributed by atoms with Crippen LogP contribution < -0.4 is 10.3 Å². The summed E-state index contributed by atoms with van der Waals surface area (Å²) in [5, 5.41) is 0. The molecule has 1 saturated heterocycles. The van der Waals surface area contributed by atoms with Gasteiger partial charge in [-0.1, -0.05) is 75.3 Å². The molecular formula is C26H26FN3O3S2. The first-order valence-corrected chi connectivity index (χ1v) is 12.8. The number of aromatic nitrogens is 2. The summed E-state index contributed by atoms with van der Waals surface area (Å²) in [6.07, 6.45) is 7.21. The second kappa shape index (κ2) is 11.1. The van der Waals surface area contributed by atoms with Crippen molar-refractivity contribution in [2.75, 3.05) is 6.54 Å². The Hall–Kier alpha value is -3.04. The quantitative estimate of drug-likeness (QED) is 0.258. The summed E-state index contributed by atoms with van der Waals surface area (Å²) >= 11 is 6.65. The maximum Gasteiger partial charge on any atom is 0.269 e. The van der Waals surface area contributed by atoms with Gasteiger partial charge in [0.15, 0.2) is 11.6 Å². The number of unbranched alkanes of at least 4 members (excludes halogenated alkanes) is 1. The predicted molar refractivity (Wildman–Crippen MR) is 141 cm³/mol. The van der Waals surface area contributed by atoms with Crippen LogP contribution in [0.5, 0.6) is 11.6 Å². The first-order chi connectivity index (χ1) is 16.9. The van der Waals surface area contributed by atoms with E-state index in [-0.39, 0.29) is 23.1 Å². The fourth-order valence-electron chi connectivity index (χ4n) is 3.88. The van der Waals surface area contributed by atoms with Gasteiger partial charge in [-0.15, -0.1) is 0 Å². The molecule has 4 rings (SSSR count). The summed E-state index contributed by atoms with van der Waals surface area (Å²) in [6, 6.07) is 11.0. The standard InChI is InChI=1S/C26H26FN3O3S2/c1-3-5-10-17(4-2)16-30-25(32)21(35-26(30)34)15-18-23(33-20-12-7-6-11-19(20)27)28-22-13-8-9-14-29(22)24(18)31/h6-9,11-15,17H,3-5,10,16H2,1-2H3/b21-15+. The van der Waals surface area contributed by atoms with Crippen molar-refractivity contribution in [2.24, 2.45) is 5.92 Å². The summed E-state index contributed by atoms with van der Waals surface area (Å²) in [4.78, 5) is 33.0. The topological polar surface area (TPSA) is 63.9 Å². The first-order valence-electron chi connectivity index (χ1n) is 11.6. The van der Waals surface area contributed by atoms with Crippen LogP contribution in [-0.4, -0.2) is 31.1 Å². The van der Waals surface area contributed by atoms with Gasteiger partial charge in [0.05, 0.1) is 4.91 Å². The Kier molecular flexibility index (Phi) is 7.97. The minimum absolute atomic E-state index is 0.0514. The van der Waals surface area contributed by atoms with Gasteiger partial charge >= 0.3 is 0 Å². The van der Waals surface area contributed by atoms with Gasteiger partial charge in [0.25, 0.3) is 11.5 Å². The molecule has 0 spiro atoms. The molecule has 1 aliphatic heterocycles. The van der Waals surface area contributed by atoms with Crippen LogP contribution in [0.15, 0.2) is 58.4 Å². The van der Waals surface area contributed by atoms with Gasteiger partial charge in [-0.3, -0.25) is 18.9 Å². The molecule has 0 saturated carbocycles. The number of pyridine rings is 1. The lowest BCUT2D eigenvalue weighted by molar-refractivity contribution is -0.122. The third-order valence-corrected chi connectivity index (χ3v) is 7.29. The van der Waals surface area contributed by atoms with E-state index in [0.717, 1.165) is 37.4 Å². The predicted octanol–water partition coefficient (Wildman–Crippen LogP) is 6.04. The number of fused-ring (bicyclic) bond motifs is 1. The van der Waals surface area contributed by atoms with Gasteiger partial charge in [0.2, 0.25) is 5.88 Å². The number of carbonyl (C=O) groups is 1. The third-order valence-electron chi connectivity index (χ3n) is 5.91. The number of halogens is 1. The van der Waals surface area contributed by atoms with E-state index in [1.165, 1.54) is 22.6 Å². The van der Waals surface area contributed by atoms with Gasteiger partial charge in [-0.05, 0) is 42.7 Å². The minimum atomic E-state index is -0.586. The van der Waals surface area contributed by atoms with E-state index >= 15 is 0 Å². The highest BCUT2D eigenvalue weighted by Crippen LogP contribution is 2.35. The number of nitrogens with zero attached hydrogens (tertiary/aromatic N) is 3. The highest BCUT2D eigenvalue weighted by molar-refractivity contribution is 8.26. The zero-order valence-electron chi connectivity index (χ0n) is 19.6. The van der Waals surface area contributed by atoms with Crippen LogP contribution >= 0.6 is 24.0 Å². The fourth-order valence-corrected chi connectivity index (χ4v) is 5.14. The molecule has 0 N–H and O–H groups in total. The highest BCUT2D eigenvalue weighted by Gasteiger charge is 2.34. The minimum Gasteiger partial charge on any atom is -0.435 e. The molecule has 1 unspecified atom stereocenters. The zero-order chi connectivity index (χ0) is 24.9. The van der Waals surface area contributed by atoms with E-state index in [0.29, 0.717) is 27.3 Å². The van der Waals surface area contributed by atoms with E-state index in [1.54, 1.807) is 41.4 Å². The Morgan fingerprint density at radius 2 is 1.94 bits per heavy atom. The van der Waals surface area contributed by atoms with Crippen molar-refractivity contribution >= 4 is 45.9 Å². The van der Waals surface area contributed by atoms with Gasteiger partial charge < -0.3 is 4.74 Å². The largest absolute Gasteiger partial charge is 0.435 e. The lowest BCUT2D eigenvalue weighted by Gasteiger charge is -2.21. The molecule has 1 amide bonds. The Morgan fingerprint density at radius 1 is 1.17 bits per heavy atom. The summed E-state index contributed by atoms with van der Waals surface area (Å²) in [7, 11) is 0. The molecule has 1 aromatic carbocycles. The highest BCUT2D eigenvalue weighted by atomic mass is 32.2. The lowest BCUT2D eigenvalue weighted by atomic mass is 9.99. The molecule has 3 aromatic rings. The van der Waals surface area contributed by atoms with Crippen LogP contribution in [-0.2, 0) is 4.79 Å². The van der Waals surface area contributed by atoms with Crippen molar-refractivity contribution in [3.8, 4) is 11.6 Å². The molecule has 182 valence electrons. The summed E-state index contributed by atoms with van der Waals surface area (Å²) < 4.78 is 21.9. The number of carbonyl (C=O) groups excluding carboxylic acids is 1. The number of para-hydroxylation sites is 1. The van der Waals surface area contributed by atoms with Gasteiger partial charge in [-0.25, -0.2) is 4.39 Å². The van der Waals surface area contributed by atoms with Crippen molar-refractivity contribution in [3.63, 3.8) is 0 Å². The molecule has 1 fully saturated rings. The fraction of sp³-hybridized carbons (Fsp3) is 0.308. The number of hydrogen-bond donors (Lipinski definition) is 0. The smallest absolute Gasteiger partial charge is 0.269 e. The average molecular weight is 512 g/mol. The number of ether oxygens (including phenoxy) is 1. The average Bonchev–Trinajstić information content (AvgIpc) is 3.12. The second-order valence-corrected chi connectivity index (χ2v) is 9.98. The number of hydrogen-bond acceptors (Lipinski definition) is 6. The second-order valence-electron chi connectivity index (χ2n) is 8.31. The molecular weight excluding hydrogens is 485 g/mol. The number of rotatable bonds is 9. The van der Waals surface area contributed by atoms with Gasteiger partial charge in [-0.2, -0.15) is 4.98 Å². The molecule has 1 aliphatic rings. The first kappa shape index (κ1) is 25.1. The van der Waals surface area contributed by atoms with E-state index < -0.39 is 11.4 Å². The van der Waals surface area contributed by atoms with Crippen LogP contribution in [0.1, 0.15) is 45.1 Å². The normalized spacial score (nSPS) is 15.9. The number of amides is 1. The van der Waals surface area contributed by atoms with Gasteiger partial charge in [0.1, 0.15) is 15.5 Å². The van der Waals surface area contributed by atoms with E-state index in [2.05, 4.69) is 18.8 Å². The van der Waals surface area contributed by atoms with Crippen LogP contribution in [0.2, 0.25) is 0 Å². The van der Waals surface area contributed by atoms with Crippen molar-refractivity contribution in [1.82, 2.24) is 14.3 Å². The Morgan fingerprint density at radius 3 is 2.69 bits per heavy atom. The zero-order valence-corrected chi connectivity index (χ0v) is 21.2. The molecule has 35 heavy (non-hydrogen) atoms. The molecule has 2 aromatic heterocycles.